The molecule has 92 valence electrons. The molecule has 8 heteroatoms. The van der Waals surface area contributed by atoms with Gasteiger partial charge in [-0.15, -0.1) is 5.10 Å². The van der Waals surface area contributed by atoms with E-state index in [1.807, 2.05) is 0 Å². The number of nitrogens with one attached hydrogen (secondary N) is 3. The fraction of sp³-hybridized carbons (Fsp3) is 0.556. The Balaban J connectivity index is 2.03. The normalized spacial score (nSPS) is 19.8. The molecule has 0 bridgehead atoms. The van der Waals surface area contributed by atoms with Crippen molar-refractivity contribution in [3.8, 4) is 0 Å². The molecule has 1 saturated heterocycles. The number of ether oxygens (including phenoxy) is 1. The summed E-state index contributed by atoms with van der Waals surface area (Å²) in [6.45, 7) is 2.63. The van der Waals surface area contributed by atoms with Crippen LogP contribution in [-0.4, -0.2) is 46.8 Å². The molecular weight excluding hydrogens is 226 g/mol. The van der Waals surface area contributed by atoms with Crippen LogP contribution in [0.5, 0.6) is 0 Å². The molecule has 1 aromatic heterocycles. The number of carbonyl (C=O) groups excluding carboxylic acids is 2. The largest absolute Gasteiger partial charge is 0.460 e. The molecule has 2 rings (SSSR count). The van der Waals surface area contributed by atoms with E-state index in [4.69, 9.17) is 4.74 Å². The topological polar surface area (TPSA) is 109 Å². The number of carbonyl (C=O) groups is 2. The fourth-order valence-corrected chi connectivity index (χ4v) is 1.48. The molecule has 1 aliphatic heterocycles. The zero-order valence-corrected chi connectivity index (χ0v) is 9.32. The zero-order valence-electron chi connectivity index (χ0n) is 9.32. The molecule has 1 fully saturated rings. The van der Waals surface area contributed by atoms with Crippen molar-refractivity contribution in [1.82, 2.24) is 25.8 Å². The number of H-pyrrole nitrogens is 1. The van der Waals surface area contributed by atoms with Gasteiger partial charge in [0.15, 0.2) is 0 Å². The minimum atomic E-state index is -0.560. The first kappa shape index (κ1) is 11.5. The van der Waals surface area contributed by atoms with Crippen LogP contribution in [0.25, 0.3) is 0 Å². The third kappa shape index (κ3) is 2.59. The van der Waals surface area contributed by atoms with Crippen molar-refractivity contribution in [2.45, 2.75) is 13.0 Å². The number of aromatic nitrogens is 3. The number of hydrogen-bond acceptors (Lipinski definition) is 6. The fourth-order valence-electron chi connectivity index (χ4n) is 1.48. The lowest BCUT2D eigenvalue weighted by Crippen LogP contribution is -2.47. The molecule has 17 heavy (non-hydrogen) atoms. The summed E-state index contributed by atoms with van der Waals surface area (Å²) in [6.07, 6.45) is 0. The molecule has 0 saturated carbocycles. The van der Waals surface area contributed by atoms with Gasteiger partial charge >= 0.3 is 5.97 Å². The van der Waals surface area contributed by atoms with E-state index in [0.717, 1.165) is 0 Å². The van der Waals surface area contributed by atoms with Crippen molar-refractivity contribution in [2.24, 2.45) is 0 Å². The van der Waals surface area contributed by atoms with E-state index in [1.54, 1.807) is 6.92 Å². The molecule has 3 N–H and O–H groups in total. The molecular formula is C9H13N5O3. The Labute approximate surface area is 97.1 Å². The molecule has 0 aromatic carbocycles. The Morgan fingerprint density at radius 2 is 2.41 bits per heavy atom. The van der Waals surface area contributed by atoms with E-state index in [1.165, 1.54) is 0 Å². The number of aromatic amines is 1. The van der Waals surface area contributed by atoms with Crippen LogP contribution in [0.2, 0.25) is 0 Å². The maximum atomic E-state index is 11.3. The molecule has 0 spiro atoms. The minimum Gasteiger partial charge on any atom is -0.460 e. The lowest BCUT2D eigenvalue weighted by Gasteiger charge is -2.21. The summed E-state index contributed by atoms with van der Waals surface area (Å²) < 4.78 is 4.77. The van der Waals surface area contributed by atoms with E-state index in [2.05, 4.69) is 25.8 Å². The average molecular weight is 239 g/mol. The van der Waals surface area contributed by atoms with Gasteiger partial charge in [0.2, 0.25) is 5.91 Å². The van der Waals surface area contributed by atoms with Crippen molar-refractivity contribution in [3.63, 3.8) is 0 Å². The second kappa shape index (κ2) is 4.91. The highest BCUT2D eigenvalue weighted by molar-refractivity contribution is 5.85. The van der Waals surface area contributed by atoms with E-state index >= 15 is 0 Å². The number of amides is 1. The lowest BCUT2D eigenvalue weighted by molar-refractivity contribution is -0.121. The Kier molecular flexibility index (Phi) is 3.33. The molecule has 1 unspecified atom stereocenters. The predicted molar refractivity (Wildman–Crippen MR) is 56.1 cm³/mol. The summed E-state index contributed by atoms with van der Waals surface area (Å²) >= 11 is 0. The van der Waals surface area contributed by atoms with E-state index in [-0.39, 0.29) is 30.9 Å². The Hall–Kier alpha value is -1.96. The van der Waals surface area contributed by atoms with Gasteiger partial charge in [0.1, 0.15) is 5.82 Å². The van der Waals surface area contributed by atoms with Crippen molar-refractivity contribution in [1.29, 1.82) is 0 Å². The monoisotopic (exact) mass is 239 g/mol. The third-order valence-corrected chi connectivity index (χ3v) is 2.30. The lowest BCUT2D eigenvalue weighted by atomic mass is 10.2. The molecule has 8 nitrogen and oxygen atoms in total. The Morgan fingerprint density at radius 3 is 3.06 bits per heavy atom. The second-order valence-electron chi connectivity index (χ2n) is 3.50. The van der Waals surface area contributed by atoms with Crippen LogP contribution in [-0.2, 0) is 9.53 Å². The molecule has 0 aliphatic carbocycles. The highest BCUT2D eigenvalue weighted by Gasteiger charge is 2.23. The van der Waals surface area contributed by atoms with Gasteiger partial charge in [0.25, 0.3) is 5.82 Å². The highest BCUT2D eigenvalue weighted by atomic mass is 16.5. The van der Waals surface area contributed by atoms with E-state index in [0.29, 0.717) is 12.4 Å². The SMILES string of the molecule is CCOC(=O)c1n[nH]c(C2CNC(=O)CN2)n1. The van der Waals surface area contributed by atoms with Crippen LogP contribution in [0, 0.1) is 0 Å². The van der Waals surface area contributed by atoms with Crippen molar-refractivity contribution in [3.05, 3.63) is 11.6 Å². The zero-order chi connectivity index (χ0) is 12.3. The number of piperazine rings is 1. The number of nitrogens with zero attached hydrogens (tertiary/aromatic N) is 2. The van der Waals surface area contributed by atoms with Gasteiger partial charge in [-0.2, -0.15) is 0 Å². The summed E-state index contributed by atoms with van der Waals surface area (Å²) in [6, 6.07) is -0.164. The van der Waals surface area contributed by atoms with Crippen LogP contribution in [0.3, 0.4) is 0 Å². The van der Waals surface area contributed by atoms with E-state index in [9.17, 15) is 9.59 Å². The third-order valence-electron chi connectivity index (χ3n) is 2.30. The summed E-state index contributed by atoms with van der Waals surface area (Å²) in [7, 11) is 0. The first-order chi connectivity index (χ1) is 8.20. The van der Waals surface area contributed by atoms with Gasteiger partial charge < -0.3 is 10.1 Å². The summed E-state index contributed by atoms with van der Waals surface area (Å²) in [5, 5.41) is 12.1. The van der Waals surface area contributed by atoms with Gasteiger partial charge in [-0.05, 0) is 6.92 Å². The molecule has 1 aliphatic rings. The van der Waals surface area contributed by atoms with Gasteiger partial charge in [-0.25, -0.2) is 9.78 Å². The highest BCUT2D eigenvalue weighted by Crippen LogP contribution is 2.08. The standard InChI is InChI=1S/C9H13N5O3/c1-2-17-9(16)8-12-7(13-14-8)5-3-11-6(15)4-10-5/h5,10H,2-4H2,1H3,(H,11,15)(H,12,13,14). The van der Waals surface area contributed by atoms with Crippen LogP contribution in [0.4, 0.5) is 0 Å². The maximum Gasteiger partial charge on any atom is 0.378 e. The van der Waals surface area contributed by atoms with Crippen LogP contribution >= 0.6 is 0 Å². The number of esters is 1. The second-order valence-corrected chi connectivity index (χ2v) is 3.50. The first-order valence-electron chi connectivity index (χ1n) is 5.30. The molecule has 1 atom stereocenters. The molecule has 1 aromatic rings. The minimum absolute atomic E-state index is 0.000509. The number of rotatable bonds is 3. The maximum absolute atomic E-state index is 11.3. The molecule has 2 heterocycles. The first-order valence-corrected chi connectivity index (χ1v) is 5.30. The van der Waals surface area contributed by atoms with Gasteiger partial charge in [0, 0.05) is 6.54 Å². The number of hydrogen-bond donors (Lipinski definition) is 3. The summed E-state index contributed by atoms with van der Waals surface area (Å²) in [5.74, 6) is -0.116. The van der Waals surface area contributed by atoms with Crippen LogP contribution < -0.4 is 10.6 Å². The van der Waals surface area contributed by atoms with Crippen molar-refractivity contribution < 1.29 is 14.3 Å². The van der Waals surface area contributed by atoms with Gasteiger partial charge in [-0.1, -0.05) is 0 Å². The van der Waals surface area contributed by atoms with Crippen molar-refractivity contribution in [2.75, 3.05) is 19.7 Å². The summed E-state index contributed by atoms with van der Waals surface area (Å²) in [5.41, 5.74) is 0. The molecule has 0 radical (unpaired) electrons. The molecule has 1 amide bonds. The Bertz CT molecular complexity index is 420. The van der Waals surface area contributed by atoms with Gasteiger partial charge in [0.05, 0.1) is 19.2 Å². The van der Waals surface area contributed by atoms with Crippen molar-refractivity contribution >= 4 is 11.9 Å². The van der Waals surface area contributed by atoms with E-state index < -0.39 is 5.97 Å². The average Bonchev–Trinajstić information content (AvgIpc) is 2.80. The van der Waals surface area contributed by atoms with Gasteiger partial charge in [-0.3, -0.25) is 15.2 Å². The Morgan fingerprint density at radius 1 is 1.59 bits per heavy atom. The smallest absolute Gasteiger partial charge is 0.378 e. The van der Waals surface area contributed by atoms with Crippen LogP contribution in [0.1, 0.15) is 29.4 Å². The quantitative estimate of drug-likeness (QED) is 0.568. The summed E-state index contributed by atoms with van der Waals surface area (Å²) in [4.78, 5) is 26.3. The van der Waals surface area contributed by atoms with Crippen LogP contribution in [0.15, 0.2) is 0 Å². The predicted octanol–water partition coefficient (Wildman–Crippen LogP) is -1.26.